The van der Waals surface area contributed by atoms with Gasteiger partial charge in [0.15, 0.2) is 0 Å². The first-order valence-corrected chi connectivity index (χ1v) is 7.32. The number of benzene rings is 1. The maximum absolute atomic E-state index is 10.9. The Morgan fingerprint density at radius 1 is 1.33 bits per heavy atom. The van der Waals surface area contributed by atoms with Gasteiger partial charge < -0.3 is 14.8 Å². The van der Waals surface area contributed by atoms with E-state index in [4.69, 9.17) is 9.52 Å². The van der Waals surface area contributed by atoms with Crippen molar-refractivity contribution in [2.75, 3.05) is 5.32 Å². The van der Waals surface area contributed by atoms with Crippen LogP contribution >= 0.6 is 0 Å². The predicted octanol–water partition coefficient (Wildman–Crippen LogP) is 3.78. The minimum Gasteiger partial charge on any atom is -0.475 e. The predicted molar refractivity (Wildman–Crippen MR) is 80.8 cm³/mol. The molecule has 0 unspecified atom stereocenters. The van der Waals surface area contributed by atoms with Gasteiger partial charge in [0.2, 0.25) is 5.76 Å². The van der Waals surface area contributed by atoms with Gasteiger partial charge in [-0.05, 0) is 55.9 Å². The molecule has 0 saturated heterocycles. The lowest BCUT2D eigenvalue weighted by Crippen LogP contribution is -2.08. The highest BCUT2D eigenvalue weighted by molar-refractivity contribution is 5.84. The van der Waals surface area contributed by atoms with Crippen LogP contribution in [0.2, 0.25) is 0 Å². The molecule has 3 rings (SSSR count). The van der Waals surface area contributed by atoms with E-state index in [9.17, 15) is 4.79 Å². The van der Waals surface area contributed by atoms with E-state index in [1.807, 2.05) is 0 Å². The van der Waals surface area contributed by atoms with Gasteiger partial charge in [0.1, 0.15) is 5.76 Å². The Bertz CT molecular complexity index is 673. The van der Waals surface area contributed by atoms with E-state index in [0.29, 0.717) is 12.3 Å². The summed E-state index contributed by atoms with van der Waals surface area (Å²) in [7, 11) is 0. The molecule has 0 atom stereocenters. The van der Waals surface area contributed by atoms with Crippen molar-refractivity contribution in [3.05, 3.63) is 52.5 Å². The summed E-state index contributed by atoms with van der Waals surface area (Å²) in [6.07, 6.45) is 4.76. The first-order valence-electron chi connectivity index (χ1n) is 7.32. The van der Waals surface area contributed by atoms with E-state index in [-0.39, 0.29) is 5.76 Å². The first kappa shape index (κ1) is 13.7. The average Bonchev–Trinajstić information content (AvgIpc) is 2.86. The molecule has 0 radical (unpaired) electrons. The van der Waals surface area contributed by atoms with Crippen molar-refractivity contribution in [3.8, 4) is 0 Å². The molecule has 0 aliphatic heterocycles. The Morgan fingerprint density at radius 2 is 2.14 bits per heavy atom. The highest BCUT2D eigenvalue weighted by Gasteiger charge is 2.15. The van der Waals surface area contributed by atoms with E-state index in [2.05, 4.69) is 23.5 Å². The Kier molecular flexibility index (Phi) is 3.69. The number of aromatic carboxylic acids is 1. The summed E-state index contributed by atoms with van der Waals surface area (Å²) in [5, 5.41) is 12.4. The standard InChI is InChI=1S/C17H19NO3/c1-11-13(9-16(21-11)17(19)20)10-18-15-8-4-6-12-5-2-3-7-14(12)15/h4,6,8-9,18H,2-3,5,7,10H2,1H3,(H,19,20). The van der Waals surface area contributed by atoms with E-state index >= 15 is 0 Å². The number of furan rings is 1. The second-order valence-electron chi connectivity index (χ2n) is 5.50. The molecule has 0 spiro atoms. The summed E-state index contributed by atoms with van der Waals surface area (Å²) < 4.78 is 5.24. The fourth-order valence-electron chi connectivity index (χ4n) is 2.94. The van der Waals surface area contributed by atoms with E-state index in [1.54, 1.807) is 13.0 Å². The molecule has 1 aromatic carbocycles. The number of fused-ring (bicyclic) bond motifs is 1. The topological polar surface area (TPSA) is 62.5 Å². The number of carbonyl (C=O) groups is 1. The maximum atomic E-state index is 10.9. The van der Waals surface area contributed by atoms with Crippen LogP contribution in [0, 0.1) is 6.92 Å². The molecular formula is C17H19NO3. The van der Waals surface area contributed by atoms with Crippen molar-refractivity contribution in [2.24, 2.45) is 0 Å². The fourth-order valence-corrected chi connectivity index (χ4v) is 2.94. The van der Waals surface area contributed by atoms with E-state index < -0.39 is 5.97 Å². The number of aryl methyl sites for hydroxylation is 2. The van der Waals surface area contributed by atoms with Crippen LogP contribution in [0.15, 0.2) is 28.7 Å². The van der Waals surface area contributed by atoms with Crippen molar-refractivity contribution in [1.82, 2.24) is 0 Å². The minimum atomic E-state index is -1.03. The third-order valence-corrected chi connectivity index (χ3v) is 4.10. The van der Waals surface area contributed by atoms with Gasteiger partial charge in [-0.3, -0.25) is 0 Å². The summed E-state index contributed by atoms with van der Waals surface area (Å²) >= 11 is 0. The van der Waals surface area contributed by atoms with E-state index in [0.717, 1.165) is 24.1 Å². The molecule has 1 aliphatic carbocycles. The molecule has 1 aliphatic rings. The lowest BCUT2D eigenvalue weighted by Gasteiger charge is -2.20. The molecule has 4 heteroatoms. The number of nitrogens with one attached hydrogen (secondary N) is 1. The average molecular weight is 285 g/mol. The van der Waals surface area contributed by atoms with Crippen molar-refractivity contribution in [2.45, 2.75) is 39.2 Å². The number of carboxylic acid groups (broad SMARTS) is 1. The van der Waals surface area contributed by atoms with Crippen LogP contribution in [-0.4, -0.2) is 11.1 Å². The number of rotatable bonds is 4. The SMILES string of the molecule is Cc1oc(C(=O)O)cc1CNc1cccc2c1CCCC2. The van der Waals surface area contributed by atoms with Gasteiger partial charge in [0, 0.05) is 17.8 Å². The normalized spacial score (nSPS) is 13.8. The highest BCUT2D eigenvalue weighted by Crippen LogP contribution is 2.28. The van der Waals surface area contributed by atoms with Crippen molar-refractivity contribution in [1.29, 1.82) is 0 Å². The van der Waals surface area contributed by atoms with Crippen LogP contribution < -0.4 is 5.32 Å². The molecule has 2 aromatic rings. The molecule has 21 heavy (non-hydrogen) atoms. The quantitative estimate of drug-likeness (QED) is 0.897. The third-order valence-electron chi connectivity index (χ3n) is 4.10. The molecule has 0 saturated carbocycles. The van der Waals surface area contributed by atoms with Gasteiger partial charge in [-0.15, -0.1) is 0 Å². The molecule has 0 fully saturated rings. The molecule has 2 N–H and O–H groups in total. The zero-order valence-electron chi connectivity index (χ0n) is 12.1. The first-order chi connectivity index (χ1) is 10.1. The highest BCUT2D eigenvalue weighted by atomic mass is 16.4. The van der Waals surface area contributed by atoms with Crippen LogP contribution in [0.5, 0.6) is 0 Å². The number of anilines is 1. The third kappa shape index (κ3) is 2.79. The zero-order chi connectivity index (χ0) is 14.8. The van der Waals surface area contributed by atoms with Crippen LogP contribution in [0.25, 0.3) is 0 Å². The van der Waals surface area contributed by atoms with Crippen molar-refractivity contribution >= 4 is 11.7 Å². The Morgan fingerprint density at radius 3 is 2.90 bits per heavy atom. The van der Waals surface area contributed by atoms with Crippen molar-refractivity contribution < 1.29 is 14.3 Å². The van der Waals surface area contributed by atoms with Gasteiger partial charge >= 0.3 is 5.97 Å². The summed E-state index contributed by atoms with van der Waals surface area (Å²) in [5.74, 6) is -0.370. The molecular weight excluding hydrogens is 266 g/mol. The monoisotopic (exact) mass is 285 g/mol. The van der Waals surface area contributed by atoms with Crippen LogP contribution in [0.3, 0.4) is 0 Å². The number of hydrogen-bond acceptors (Lipinski definition) is 3. The Balaban J connectivity index is 1.78. The van der Waals surface area contributed by atoms with Crippen LogP contribution in [0.4, 0.5) is 5.69 Å². The summed E-state index contributed by atoms with van der Waals surface area (Å²) in [5.41, 5.74) is 4.88. The van der Waals surface area contributed by atoms with Crippen molar-refractivity contribution in [3.63, 3.8) is 0 Å². The lowest BCUT2D eigenvalue weighted by molar-refractivity contribution is 0.0661. The lowest BCUT2D eigenvalue weighted by atomic mass is 9.90. The van der Waals surface area contributed by atoms with Gasteiger partial charge in [-0.2, -0.15) is 0 Å². The zero-order valence-corrected chi connectivity index (χ0v) is 12.1. The molecule has 1 aromatic heterocycles. The second-order valence-corrected chi connectivity index (χ2v) is 5.50. The molecule has 0 bridgehead atoms. The minimum absolute atomic E-state index is 0.000564. The largest absolute Gasteiger partial charge is 0.475 e. The van der Waals surface area contributed by atoms with Gasteiger partial charge in [-0.1, -0.05) is 12.1 Å². The number of carboxylic acids is 1. The smallest absolute Gasteiger partial charge is 0.371 e. The maximum Gasteiger partial charge on any atom is 0.371 e. The fraction of sp³-hybridized carbons (Fsp3) is 0.353. The summed E-state index contributed by atoms with van der Waals surface area (Å²) in [6.45, 7) is 2.38. The Hall–Kier alpha value is -2.23. The van der Waals surface area contributed by atoms with Gasteiger partial charge in [0.25, 0.3) is 0 Å². The molecule has 110 valence electrons. The molecule has 1 heterocycles. The summed E-state index contributed by atoms with van der Waals surface area (Å²) in [6, 6.07) is 7.97. The molecule has 0 amide bonds. The van der Waals surface area contributed by atoms with Gasteiger partial charge in [-0.25, -0.2) is 4.79 Å². The van der Waals surface area contributed by atoms with E-state index in [1.165, 1.54) is 24.0 Å². The van der Waals surface area contributed by atoms with Gasteiger partial charge in [0.05, 0.1) is 0 Å². The van der Waals surface area contributed by atoms with Crippen LogP contribution in [-0.2, 0) is 19.4 Å². The second kappa shape index (κ2) is 5.64. The molecule has 4 nitrogen and oxygen atoms in total. The number of hydrogen-bond donors (Lipinski definition) is 2. The Labute approximate surface area is 123 Å². The summed E-state index contributed by atoms with van der Waals surface area (Å²) in [4.78, 5) is 10.9. The van der Waals surface area contributed by atoms with Crippen LogP contribution in [0.1, 0.15) is 45.8 Å².